The highest BCUT2D eigenvalue weighted by Gasteiger charge is 2.13. The Kier molecular flexibility index (Phi) is 2.15. The third-order valence-corrected chi connectivity index (χ3v) is 1.69. The standard InChI is InChI=1S/C6H11ClN/c1-8-4-2-3-6(7)5-8/h2,6H,3-5H2,1H3. The van der Waals surface area contributed by atoms with E-state index in [-0.39, 0.29) is 0 Å². The number of likely N-dealkylation sites (tertiary alicyclic amines) is 1. The first-order chi connectivity index (χ1) is 3.79. The minimum atomic E-state index is 0.355. The van der Waals surface area contributed by atoms with Crippen LogP contribution in [0.25, 0.3) is 0 Å². The molecule has 2 heteroatoms. The Balaban J connectivity index is 2.23. The van der Waals surface area contributed by atoms with Gasteiger partial charge in [0.25, 0.3) is 0 Å². The highest BCUT2D eigenvalue weighted by Crippen LogP contribution is 2.11. The third-order valence-electron chi connectivity index (χ3n) is 1.37. The number of hydrogen-bond acceptors (Lipinski definition) is 1. The number of hydrogen-bond donors (Lipinski definition) is 0. The van der Waals surface area contributed by atoms with Gasteiger partial charge in [0.15, 0.2) is 0 Å². The summed E-state index contributed by atoms with van der Waals surface area (Å²) in [5.41, 5.74) is 0. The number of rotatable bonds is 0. The summed E-state index contributed by atoms with van der Waals surface area (Å²) < 4.78 is 0. The molecule has 0 aromatic carbocycles. The van der Waals surface area contributed by atoms with Crippen molar-refractivity contribution in [2.45, 2.75) is 11.8 Å². The summed E-state index contributed by atoms with van der Waals surface area (Å²) in [6.45, 7) is 2.14. The van der Waals surface area contributed by atoms with Gasteiger partial charge in [0, 0.05) is 18.5 Å². The molecule has 0 saturated carbocycles. The molecule has 1 atom stereocenters. The molecule has 0 bridgehead atoms. The second-order valence-corrected chi connectivity index (χ2v) is 2.96. The van der Waals surface area contributed by atoms with Crippen molar-refractivity contribution >= 4 is 11.6 Å². The van der Waals surface area contributed by atoms with Crippen molar-refractivity contribution in [3.63, 3.8) is 0 Å². The molecular weight excluding hydrogens is 122 g/mol. The largest absolute Gasteiger partial charge is 0.305 e. The van der Waals surface area contributed by atoms with Gasteiger partial charge >= 0.3 is 0 Å². The summed E-state index contributed by atoms with van der Waals surface area (Å²) in [5.74, 6) is 0. The van der Waals surface area contributed by atoms with Gasteiger partial charge in [-0.15, -0.1) is 11.6 Å². The van der Waals surface area contributed by atoms with Gasteiger partial charge in [-0.1, -0.05) is 0 Å². The monoisotopic (exact) mass is 132 g/mol. The summed E-state index contributed by atoms with van der Waals surface area (Å²) in [5, 5.41) is 0.355. The maximum Gasteiger partial charge on any atom is 0.0466 e. The van der Waals surface area contributed by atoms with Gasteiger partial charge in [0.05, 0.1) is 0 Å². The van der Waals surface area contributed by atoms with Gasteiger partial charge in [-0.2, -0.15) is 0 Å². The molecule has 1 radical (unpaired) electrons. The molecule has 1 unspecified atom stereocenters. The van der Waals surface area contributed by atoms with E-state index in [1.165, 1.54) is 0 Å². The van der Waals surface area contributed by atoms with E-state index in [1.807, 2.05) is 0 Å². The predicted octanol–water partition coefficient (Wildman–Crippen LogP) is 1.13. The van der Waals surface area contributed by atoms with Gasteiger partial charge < -0.3 is 4.90 Å². The van der Waals surface area contributed by atoms with Crippen molar-refractivity contribution in [2.75, 3.05) is 20.1 Å². The summed E-state index contributed by atoms with van der Waals surface area (Å²) in [7, 11) is 2.09. The maximum atomic E-state index is 5.84. The smallest absolute Gasteiger partial charge is 0.0466 e. The Morgan fingerprint density at radius 3 is 2.88 bits per heavy atom. The second-order valence-electron chi connectivity index (χ2n) is 2.34. The Bertz CT molecular complexity index is 66.9. The molecule has 1 rings (SSSR count). The Morgan fingerprint density at radius 1 is 1.75 bits per heavy atom. The molecule has 1 fully saturated rings. The molecule has 0 aromatic heterocycles. The van der Waals surface area contributed by atoms with Crippen LogP contribution in [0.1, 0.15) is 6.42 Å². The van der Waals surface area contributed by atoms with Crippen LogP contribution in [-0.4, -0.2) is 30.4 Å². The van der Waals surface area contributed by atoms with Crippen molar-refractivity contribution in [3.8, 4) is 0 Å². The van der Waals surface area contributed by atoms with E-state index in [0.29, 0.717) is 5.38 Å². The van der Waals surface area contributed by atoms with Crippen LogP contribution in [0.4, 0.5) is 0 Å². The van der Waals surface area contributed by atoms with E-state index in [9.17, 15) is 0 Å². The lowest BCUT2D eigenvalue weighted by molar-refractivity contribution is 0.322. The Labute approximate surface area is 55.6 Å². The summed E-state index contributed by atoms with van der Waals surface area (Å²) in [6, 6.07) is 0. The molecule has 0 spiro atoms. The van der Waals surface area contributed by atoms with Crippen molar-refractivity contribution in [1.82, 2.24) is 4.90 Å². The van der Waals surface area contributed by atoms with Crippen LogP contribution in [0.2, 0.25) is 0 Å². The van der Waals surface area contributed by atoms with E-state index < -0.39 is 0 Å². The lowest BCUT2D eigenvalue weighted by Crippen LogP contribution is -2.32. The third kappa shape index (κ3) is 1.64. The fourth-order valence-corrected chi connectivity index (χ4v) is 1.32. The molecule has 47 valence electrons. The first-order valence-corrected chi connectivity index (χ1v) is 3.37. The fraction of sp³-hybridized carbons (Fsp3) is 0.833. The van der Waals surface area contributed by atoms with Crippen LogP contribution in [0.3, 0.4) is 0 Å². The molecule has 0 N–H and O–H groups in total. The first kappa shape index (κ1) is 6.37. The van der Waals surface area contributed by atoms with Gasteiger partial charge in [-0.05, 0) is 19.9 Å². The average molecular weight is 133 g/mol. The quantitative estimate of drug-likeness (QED) is 0.447. The average Bonchev–Trinajstić information content (AvgIpc) is 1.64. The van der Waals surface area contributed by atoms with Crippen molar-refractivity contribution in [1.29, 1.82) is 0 Å². The zero-order valence-corrected chi connectivity index (χ0v) is 5.86. The number of halogens is 1. The highest BCUT2D eigenvalue weighted by atomic mass is 35.5. The normalized spacial score (nSPS) is 33.0. The molecular formula is C6H11ClN. The van der Waals surface area contributed by atoms with E-state index in [4.69, 9.17) is 11.6 Å². The van der Waals surface area contributed by atoms with Crippen LogP contribution >= 0.6 is 11.6 Å². The van der Waals surface area contributed by atoms with Crippen LogP contribution in [0.15, 0.2) is 0 Å². The lowest BCUT2D eigenvalue weighted by Gasteiger charge is -2.24. The number of alkyl halides is 1. The van der Waals surface area contributed by atoms with Gasteiger partial charge in [-0.25, -0.2) is 0 Å². The topological polar surface area (TPSA) is 3.24 Å². The van der Waals surface area contributed by atoms with Crippen LogP contribution < -0.4 is 0 Å². The SMILES string of the molecule is CN1C[CH]CC(Cl)C1. The molecule has 1 heterocycles. The van der Waals surface area contributed by atoms with Crippen LogP contribution in [-0.2, 0) is 0 Å². The van der Waals surface area contributed by atoms with E-state index in [1.54, 1.807) is 0 Å². The minimum absolute atomic E-state index is 0.355. The van der Waals surface area contributed by atoms with E-state index >= 15 is 0 Å². The summed E-state index contributed by atoms with van der Waals surface area (Å²) >= 11 is 5.84. The van der Waals surface area contributed by atoms with Gasteiger partial charge in [-0.3, -0.25) is 0 Å². The van der Waals surface area contributed by atoms with Crippen molar-refractivity contribution in [2.24, 2.45) is 0 Å². The first-order valence-electron chi connectivity index (χ1n) is 2.93. The van der Waals surface area contributed by atoms with Crippen LogP contribution in [0.5, 0.6) is 0 Å². The fourth-order valence-electron chi connectivity index (χ4n) is 0.963. The van der Waals surface area contributed by atoms with E-state index in [0.717, 1.165) is 19.5 Å². The summed E-state index contributed by atoms with van der Waals surface area (Å²) in [4.78, 5) is 2.22. The number of piperidine rings is 1. The molecule has 0 aliphatic carbocycles. The molecule has 1 aliphatic heterocycles. The van der Waals surface area contributed by atoms with Crippen molar-refractivity contribution < 1.29 is 0 Å². The number of nitrogens with zero attached hydrogens (tertiary/aromatic N) is 1. The zero-order valence-electron chi connectivity index (χ0n) is 5.10. The Hall–Kier alpha value is 0.250. The molecule has 1 saturated heterocycles. The van der Waals surface area contributed by atoms with Gasteiger partial charge in [0.2, 0.25) is 0 Å². The molecule has 8 heavy (non-hydrogen) atoms. The molecule has 1 nitrogen and oxygen atoms in total. The highest BCUT2D eigenvalue weighted by molar-refractivity contribution is 6.20. The molecule has 1 aliphatic rings. The lowest BCUT2D eigenvalue weighted by atomic mass is 10.1. The van der Waals surface area contributed by atoms with E-state index in [2.05, 4.69) is 18.4 Å². The predicted molar refractivity (Wildman–Crippen MR) is 36.1 cm³/mol. The van der Waals surface area contributed by atoms with Gasteiger partial charge in [0.1, 0.15) is 0 Å². The maximum absolute atomic E-state index is 5.84. The zero-order chi connectivity index (χ0) is 5.98. The second kappa shape index (κ2) is 2.70. The van der Waals surface area contributed by atoms with Crippen LogP contribution in [0, 0.1) is 6.42 Å². The summed E-state index contributed by atoms with van der Waals surface area (Å²) in [6.07, 6.45) is 3.30. The molecule has 0 amide bonds. The minimum Gasteiger partial charge on any atom is -0.305 e. The molecule has 0 aromatic rings. The Morgan fingerprint density at radius 2 is 2.50 bits per heavy atom. The van der Waals surface area contributed by atoms with Crippen molar-refractivity contribution in [3.05, 3.63) is 6.42 Å².